The monoisotopic (exact) mass is 279 g/mol. The number of benzene rings is 1. The Balaban J connectivity index is 2.81. The van der Waals surface area contributed by atoms with E-state index in [4.69, 9.17) is 11.6 Å². The van der Waals surface area contributed by atoms with Gasteiger partial charge in [0.15, 0.2) is 5.78 Å². The number of carbonyl (C=O) groups excluding carboxylic acids is 1. The van der Waals surface area contributed by atoms with Crippen LogP contribution in [0.25, 0.3) is 6.08 Å². The number of carbonyl (C=O) groups is 1. The molecule has 2 nitrogen and oxygen atoms in total. The zero-order valence-corrected chi connectivity index (χ0v) is 12.9. The average Bonchev–Trinajstić information content (AvgIpc) is 2.38. The molecule has 0 unspecified atom stereocenters. The number of rotatable bonds is 6. The minimum absolute atomic E-state index is 0.117. The highest BCUT2D eigenvalue weighted by molar-refractivity contribution is 6.30. The van der Waals surface area contributed by atoms with Crippen LogP contribution in [0.4, 0.5) is 0 Å². The van der Waals surface area contributed by atoms with E-state index in [0.717, 1.165) is 18.7 Å². The van der Waals surface area contributed by atoms with Crippen LogP contribution in [0.15, 0.2) is 30.3 Å². The molecule has 0 N–H and O–H groups in total. The standard InChI is InChI=1S/C16H22ClNO/c1-5-18(6-2)16(3,4)15(19)12-9-13-7-10-14(17)11-8-13/h7-12H,5-6H2,1-4H3/b12-9+. The average molecular weight is 280 g/mol. The van der Waals surface area contributed by atoms with Gasteiger partial charge >= 0.3 is 0 Å². The second-order valence-corrected chi connectivity index (χ2v) is 5.42. The van der Waals surface area contributed by atoms with E-state index < -0.39 is 5.54 Å². The van der Waals surface area contributed by atoms with Crippen molar-refractivity contribution in [1.29, 1.82) is 0 Å². The molecule has 0 bridgehead atoms. The molecule has 0 atom stereocenters. The van der Waals surface area contributed by atoms with Crippen molar-refractivity contribution in [1.82, 2.24) is 4.90 Å². The van der Waals surface area contributed by atoms with Gasteiger partial charge in [-0.1, -0.05) is 43.7 Å². The maximum absolute atomic E-state index is 12.3. The van der Waals surface area contributed by atoms with Crippen LogP contribution in [-0.2, 0) is 4.79 Å². The fourth-order valence-electron chi connectivity index (χ4n) is 2.12. The SMILES string of the molecule is CCN(CC)C(C)(C)C(=O)/C=C/c1ccc(Cl)cc1. The first kappa shape index (κ1) is 15.9. The molecule has 0 saturated carbocycles. The molecular formula is C16H22ClNO. The van der Waals surface area contributed by atoms with Crippen molar-refractivity contribution < 1.29 is 4.79 Å². The highest BCUT2D eigenvalue weighted by Gasteiger charge is 2.30. The fraction of sp³-hybridized carbons (Fsp3) is 0.438. The molecule has 0 aliphatic rings. The summed E-state index contributed by atoms with van der Waals surface area (Å²) in [5, 5.41) is 0.701. The fourth-order valence-corrected chi connectivity index (χ4v) is 2.25. The van der Waals surface area contributed by atoms with Crippen LogP contribution in [0.5, 0.6) is 0 Å². The van der Waals surface area contributed by atoms with Gasteiger partial charge in [-0.15, -0.1) is 0 Å². The first-order valence-corrected chi connectivity index (χ1v) is 7.02. The lowest BCUT2D eigenvalue weighted by Crippen LogP contribution is -2.49. The summed E-state index contributed by atoms with van der Waals surface area (Å²) in [5.41, 5.74) is 0.514. The minimum Gasteiger partial charge on any atom is -0.293 e. The molecule has 0 amide bonds. The Labute approximate surface area is 121 Å². The smallest absolute Gasteiger partial charge is 0.175 e. The molecule has 3 heteroatoms. The van der Waals surface area contributed by atoms with E-state index in [1.807, 2.05) is 44.2 Å². The number of hydrogen-bond donors (Lipinski definition) is 0. The van der Waals surface area contributed by atoms with Crippen LogP contribution in [0.2, 0.25) is 5.02 Å². The largest absolute Gasteiger partial charge is 0.293 e. The van der Waals surface area contributed by atoms with Gasteiger partial charge in [-0.05, 0) is 50.7 Å². The third kappa shape index (κ3) is 4.19. The van der Waals surface area contributed by atoms with Gasteiger partial charge in [-0.2, -0.15) is 0 Å². The molecule has 1 aromatic carbocycles. The Kier molecular flexibility index (Phi) is 5.77. The van der Waals surface area contributed by atoms with E-state index in [0.29, 0.717) is 5.02 Å². The second-order valence-electron chi connectivity index (χ2n) is 4.98. The summed E-state index contributed by atoms with van der Waals surface area (Å²) in [6.07, 6.45) is 3.49. The van der Waals surface area contributed by atoms with Crippen LogP contribution >= 0.6 is 11.6 Å². The highest BCUT2D eigenvalue weighted by Crippen LogP contribution is 2.17. The van der Waals surface area contributed by atoms with Gasteiger partial charge in [-0.25, -0.2) is 0 Å². The van der Waals surface area contributed by atoms with Crippen LogP contribution in [0.3, 0.4) is 0 Å². The summed E-state index contributed by atoms with van der Waals surface area (Å²) in [4.78, 5) is 14.5. The van der Waals surface area contributed by atoms with E-state index in [2.05, 4.69) is 18.7 Å². The molecule has 19 heavy (non-hydrogen) atoms. The Hall–Kier alpha value is -1.12. The van der Waals surface area contributed by atoms with Gasteiger partial charge in [-0.3, -0.25) is 9.69 Å². The van der Waals surface area contributed by atoms with Crippen molar-refractivity contribution in [2.75, 3.05) is 13.1 Å². The predicted molar refractivity (Wildman–Crippen MR) is 82.5 cm³/mol. The Morgan fingerprint density at radius 1 is 1.21 bits per heavy atom. The molecule has 0 spiro atoms. The van der Waals surface area contributed by atoms with Gasteiger partial charge in [0.1, 0.15) is 0 Å². The predicted octanol–water partition coefficient (Wildman–Crippen LogP) is 4.04. The Morgan fingerprint density at radius 2 is 1.74 bits per heavy atom. The van der Waals surface area contributed by atoms with Crippen LogP contribution in [-0.4, -0.2) is 29.3 Å². The van der Waals surface area contributed by atoms with Crippen LogP contribution < -0.4 is 0 Å². The Bertz CT molecular complexity index is 444. The van der Waals surface area contributed by atoms with Gasteiger partial charge in [0.25, 0.3) is 0 Å². The molecular weight excluding hydrogens is 258 g/mol. The summed E-state index contributed by atoms with van der Waals surface area (Å²) in [6.45, 7) is 9.81. The van der Waals surface area contributed by atoms with Crippen LogP contribution in [0.1, 0.15) is 33.3 Å². The molecule has 0 aliphatic heterocycles. The van der Waals surface area contributed by atoms with Crippen molar-refractivity contribution in [2.24, 2.45) is 0 Å². The van der Waals surface area contributed by atoms with Gasteiger partial charge in [0, 0.05) is 5.02 Å². The highest BCUT2D eigenvalue weighted by atomic mass is 35.5. The molecule has 1 rings (SSSR count). The third-order valence-electron chi connectivity index (χ3n) is 3.45. The van der Waals surface area contributed by atoms with E-state index in [-0.39, 0.29) is 5.78 Å². The van der Waals surface area contributed by atoms with Crippen molar-refractivity contribution in [2.45, 2.75) is 33.2 Å². The molecule has 1 aromatic rings. The third-order valence-corrected chi connectivity index (χ3v) is 3.71. The van der Waals surface area contributed by atoms with E-state index in [1.165, 1.54) is 0 Å². The minimum atomic E-state index is -0.466. The van der Waals surface area contributed by atoms with Crippen LogP contribution in [0, 0.1) is 0 Å². The molecule has 0 aromatic heterocycles. The van der Waals surface area contributed by atoms with Crippen molar-refractivity contribution >= 4 is 23.5 Å². The molecule has 0 radical (unpaired) electrons. The zero-order chi connectivity index (χ0) is 14.5. The molecule has 0 heterocycles. The van der Waals surface area contributed by atoms with Crippen molar-refractivity contribution in [3.8, 4) is 0 Å². The zero-order valence-electron chi connectivity index (χ0n) is 12.1. The lowest BCUT2D eigenvalue weighted by Gasteiger charge is -2.34. The first-order valence-electron chi connectivity index (χ1n) is 6.65. The summed E-state index contributed by atoms with van der Waals surface area (Å²) < 4.78 is 0. The number of hydrogen-bond acceptors (Lipinski definition) is 2. The van der Waals surface area contributed by atoms with Gasteiger partial charge < -0.3 is 0 Å². The molecule has 0 aliphatic carbocycles. The quantitative estimate of drug-likeness (QED) is 0.733. The lowest BCUT2D eigenvalue weighted by atomic mass is 9.95. The first-order chi connectivity index (χ1) is 8.91. The number of nitrogens with zero attached hydrogens (tertiary/aromatic N) is 1. The lowest BCUT2D eigenvalue weighted by molar-refractivity contribution is -0.124. The Morgan fingerprint density at radius 3 is 2.21 bits per heavy atom. The van der Waals surface area contributed by atoms with Crippen molar-refractivity contribution in [3.63, 3.8) is 0 Å². The van der Waals surface area contributed by atoms with Crippen molar-refractivity contribution in [3.05, 3.63) is 40.9 Å². The number of likely N-dealkylation sites (N-methyl/N-ethyl adjacent to an activating group) is 1. The second kappa shape index (κ2) is 6.88. The van der Waals surface area contributed by atoms with E-state index in [9.17, 15) is 4.79 Å². The summed E-state index contributed by atoms with van der Waals surface area (Å²) in [7, 11) is 0. The maximum atomic E-state index is 12.3. The van der Waals surface area contributed by atoms with Gasteiger partial charge in [0.05, 0.1) is 5.54 Å². The van der Waals surface area contributed by atoms with Gasteiger partial charge in [0.2, 0.25) is 0 Å². The van der Waals surface area contributed by atoms with E-state index in [1.54, 1.807) is 6.08 Å². The van der Waals surface area contributed by atoms with E-state index >= 15 is 0 Å². The summed E-state index contributed by atoms with van der Waals surface area (Å²) in [5.74, 6) is 0.117. The topological polar surface area (TPSA) is 20.3 Å². The molecule has 104 valence electrons. The summed E-state index contributed by atoms with van der Waals surface area (Å²) >= 11 is 5.83. The normalized spacial score (nSPS) is 12.3. The maximum Gasteiger partial charge on any atom is 0.175 e. The number of halogens is 1. The molecule has 0 saturated heterocycles. The summed E-state index contributed by atoms with van der Waals surface area (Å²) in [6, 6.07) is 7.44. The molecule has 0 fully saturated rings. The number of ketones is 1.